The topological polar surface area (TPSA) is 9.23 Å². The average Bonchev–Trinajstić information content (AvgIpc) is 2.28. The van der Waals surface area contributed by atoms with Crippen molar-refractivity contribution < 1.29 is 4.74 Å². The summed E-state index contributed by atoms with van der Waals surface area (Å²) in [5.41, 5.74) is 5.78. The van der Waals surface area contributed by atoms with Crippen molar-refractivity contribution in [2.75, 3.05) is 0 Å². The summed E-state index contributed by atoms with van der Waals surface area (Å²) in [6.45, 7) is 20.1. The van der Waals surface area contributed by atoms with Crippen LogP contribution in [0, 0.1) is 6.92 Å². The fourth-order valence-electron chi connectivity index (χ4n) is 2.81. The van der Waals surface area contributed by atoms with Gasteiger partial charge in [0.25, 0.3) is 0 Å². The Hall–Kier alpha value is -0.980. The molecule has 0 spiro atoms. The lowest BCUT2D eigenvalue weighted by Gasteiger charge is -2.29. The van der Waals surface area contributed by atoms with Crippen LogP contribution in [0.1, 0.15) is 83.6 Å². The molecule has 0 aliphatic carbocycles. The largest absolute Gasteiger partial charge is 0.490 e. The SMILES string of the molecule is CCc1c(C(C)(C)C)cc(C(C)C)c(OC(C)C)c1C. The molecule has 0 atom stereocenters. The van der Waals surface area contributed by atoms with Gasteiger partial charge in [0.15, 0.2) is 0 Å². The molecule has 0 N–H and O–H groups in total. The van der Waals surface area contributed by atoms with E-state index in [1.54, 1.807) is 0 Å². The molecule has 0 aliphatic heterocycles. The molecule has 0 fully saturated rings. The Kier molecular flexibility index (Phi) is 5.29. The molecule has 0 radical (unpaired) electrons. The van der Waals surface area contributed by atoms with Gasteiger partial charge < -0.3 is 4.74 Å². The van der Waals surface area contributed by atoms with E-state index in [-0.39, 0.29) is 11.5 Å². The first-order valence-corrected chi connectivity index (χ1v) is 7.93. The lowest BCUT2D eigenvalue weighted by Crippen LogP contribution is -2.18. The van der Waals surface area contributed by atoms with Crippen molar-refractivity contribution in [2.24, 2.45) is 0 Å². The van der Waals surface area contributed by atoms with Crippen molar-refractivity contribution in [3.8, 4) is 5.75 Å². The quantitative estimate of drug-likeness (QED) is 0.678. The number of ether oxygens (including phenoxy) is 1. The molecule has 20 heavy (non-hydrogen) atoms. The smallest absolute Gasteiger partial charge is 0.126 e. The van der Waals surface area contributed by atoms with Crippen LogP contribution in [-0.2, 0) is 11.8 Å². The highest BCUT2D eigenvalue weighted by Crippen LogP contribution is 2.39. The zero-order valence-corrected chi connectivity index (χ0v) is 14.8. The summed E-state index contributed by atoms with van der Waals surface area (Å²) < 4.78 is 6.15. The van der Waals surface area contributed by atoms with Gasteiger partial charge in [-0.15, -0.1) is 0 Å². The standard InChI is InChI=1S/C19H32O/c1-10-15-14(6)18(20-13(4)5)16(12(2)3)11-17(15)19(7,8)9/h11-13H,10H2,1-9H3. The molecule has 0 aliphatic rings. The van der Waals surface area contributed by atoms with Crippen LogP contribution in [0.5, 0.6) is 5.75 Å². The molecule has 0 saturated heterocycles. The normalized spacial score (nSPS) is 12.3. The van der Waals surface area contributed by atoms with E-state index in [2.05, 4.69) is 68.4 Å². The van der Waals surface area contributed by atoms with E-state index in [9.17, 15) is 0 Å². The maximum Gasteiger partial charge on any atom is 0.126 e. The second-order valence-electron chi connectivity index (χ2n) is 7.37. The van der Waals surface area contributed by atoms with Gasteiger partial charge in [-0.25, -0.2) is 0 Å². The van der Waals surface area contributed by atoms with Gasteiger partial charge in [0.05, 0.1) is 6.10 Å². The van der Waals surface area contributed by atoms with Crippen LogP contribution < -0.4 is 4.74 Å². The summed E-state index contributed by atoms with van der Waals surface area (Å²) >= 11 is 0. The maximum atomic E-state index is 6.15. The number of rotatable bonds is 4. The lowest BCUT2D eigenvalue weighted by atomic mass is 9.79. The Morgan fingerprint density at radius 3 is 2.00 bits per heavy atom. The lowest BCUT2D eigenvalue weighted by molar-refractivity contribution is 0.237. The van der Waals surface area contributed by atoms with Gasteiger partial charge in [-0.2, -0.15) is 0 Å². The van der Waals surface area contributed by atoms with E-state index >= 15 is 0 Å². The van der Waals surface area contributed by atoms with Crippen molar-refractivity contribution in [1.82, 2.24) is 0 Å². The molecule has 0 saturated carbocycles. The van der Waals surface area contributed by atoms with E-state index < -0.39 is 0 Å². The van der Waals surface area contributed by atoms with Crippen LogP contribution in [-0.4, -0.2) is 6.10 Å². The zero-order valence-electron chi connectivity index (χ0n) is 14.8. The molecule has 0 aromatic heterocycles. The Morgan fingerprint density at radius 2 is 1.65 bits per heavy atom. The van der Waals surface area contributed by atoms with Gasteiger partial charge in [-0.1, -0.05) is 47.6 Å². The number of benzene rings is 1. The third-order valence-corrected chi connectivity index (χ3v) is 3.82. The minimum absolute atomic E-state index is 0.177. The molecule has 1 rings (SSSR count). The van der Waals surface area contributed by atoms with Crippen molar-refractivity contribution >= 4 is 0 Å². The molecule has 114 valence electrons. The van der Waals surface area contributed by atoms with E-state index in [1.165, 1.54) is 22.3 Å². The van der Waals surface area contributed by atoms with Gasteiger partial charge in [0, 0.05) is 0 Å². The summed E-state index contributed by atoms with van der Waals surface area (Å²) in [6.07, 6.45) is 1.28. The fraction of sp³-hybridized carbons (Fsp3) is 0.684. The Bertz CT molecular complexity index is 462. The summed E-state index contributed by atoms with van der Waals surface area (Å²) in [5, 5.41) is 0. The zero-order chi connectivity index (χ0) is 15.7. The van der Waals surface area contributed by atoms with Crippen molar-refractivity contribution in [1.29, 1.82) is 0 Å². The molecule has 0 heterocycles. The highest BCUT2D eigenvalue weighted by atomic mass is 16.5. The maximum absolute atomic E-state index is 6.15. The van der Waals surface area contributed by atoms with Gasteiger partial charge >= 0.3 is 0 Å². The van der Waals surface area contributed by atoms with E-state index in [0.29, 0.717) is 5.92 Å². The first-order valence-electron chi connectivity index (χ1n) is 7.93. The van der Waals surface area contributed by atoms with Crippen LogP contribution in [0.3, 0.4) is 0 Å². The van der Waals surface area contributed by atoms with Crippen molar-refractivity contribution in [3.05, 3.63) is 28.3 Å². The molecular weight excluding hydrogens is 244 g/mol. The molecule has 0 bridgehead atoms. The van der Waals surface area contributed by atoms with Gasteiger partial charge in [0.2, 0.25) is 0 Å². The van der Waals surface area contributed by atoms with Gasteiger partial charge in [-0.05, 0) is 60.8 Å². The van der Waals surface area contributed by atoms with Crippen LogP contribution in [0.15, 0.2) is 6.07 Å². The van der Waals surface area contributed by atoms with Crippen molar-refractivity contribution in [3.63, 3.8) is 0 Å². The number of hydrogen-bond donors (Lipinski definition) is 0. The predicted molar refractivity (Wildman–Crippen MR) is 89.1 cm³/mol. The highest BCUT2D eigenvalue weighted by Gasteiger charge is 2.24. The average molecular weight is 276 g/mol. The molecule has 1 aromatic carbocycles. The Labute approximate surface area is 125 Å². The molecule has 1 nitrogen and oxygen atoms in total. The predicted octanol–water partition coefficient (Wildman–Crippen LogP) is 5.77. The third-order valence-electron chi connectivity index (χ3n) is 3.82. The highest BCUT2D eigenvalue weighted by molar-refractivity contribution is 5.53. The van der Waals surface area contributed by atoms with Crippen LogP contribution in [0.25, 0.3) is 0 Å². The first kappa shape index (κ1) is 17.1. The van der Waals surface area contributed by atoms with E-state index in [1.807, 2.05) is 0 Å². The summed E-state index contributed by atoms with van der Waals surface area (Å²) in [6, 6.07) is 2.38. The minimum Gasteiger partial charge on any atom is -0.490 e. The molecule has 0 unspecified atom stereocenters. The Balaban J connectivity index is 3.61. The third kappa shape index (κ3) is 3.56. The summed E-state index contributed by atoms with van der Waals surface area (Å²) in [7, 11) is 0. The van der Waals surface area contributed by atoms with Gasteiger partial charge in [0.1, 0.15) is 5.75 Å². The van der Waals surface area contributed by atoms with E-state index in [4.69, 9.17) is 4.74 Å². The summed E-state index contributed by atoms with van der Waals surface area (Å²) in [5.74, 6) is 1.59. The summed E-state index contributed by atoms with van der Waals surface area (Å²) in [4.78, 5) is 0. The molecule has 1 aromatic rings. The van der Waals surface area contributed by atoms with Crippen molar-refractivity contribution in [2.45, 2.75) is 86.2 Å². The molecule has 0 amide bonds. The minimum atomic E-state index is 0.177. The van der Waals surface area contributed by atoms with Crippen LogP contribution in [0.2, 0.25) is 0 Å². The van der Waals surface area contributed by atoms with Crippen LogP contribution in [0.4, 0.5) is 0 Å². The fourth-order valence-corrected chi connectivity index (χ4v) is 2.81. The molecule has 1 heteroatoms. The number of hydrogen-bond acceptors (Lipinski definition) is 1. The van der Waals surface area contributed by atoms with E-state index in [0.717, 1.165) is 12.2 Å². The second kappa shape index (κ2) is 6.20. The first-order chi connectivity index (χ1) is 9.09. The Morgan fingerprint density at radius 1 is 1.10 bits per heavy atom. The van der Waals surface area contributed by atoms with Crippen LogP contribution >= 0.6 is 0 Å². The van der Waals surface area contributed by atoms with Gasteiger partial charge in [-0.3, -0.25) is 0 Å². The molecular formula is C19H32O. The second-order valence-corrected chi connectivity index (χ2v) is 7.37. The monoisotopic (exact) mass is 276 g/mol.